The van der Waals surface area contributed by atoms with Crippen LogP contribution in [0.1, 0.15) is 25.6 Å². The van der Waals surface area contributed by atoms with Crippen molar-refractivity contribution < 1.29 is 14.6 Å². The Morgan fingerprint density at radius 2 is 2.32 bits per heavy atom. The molecule has 1 N–H and O–H groups in total. The van der Waals surface area contributed by atoms with Crippen LogP contribution in [0.2, 0.25) is 0 Å². The lowest BCUT2D eigenvalue weighted by atomic mass is 10.3. The Balaban J connectivity index is 1.94. The number of amides is 1. The average molecular weight is 267 g/mol. The molecule has 0 unspecified atom stereocenters. The first-order valence-electron chi connectivity index (χ1n) is 6.54. The van der Waals surface area contributed by atoms with E-state index in [2.05, 4.69) is 5.10 Å². The van der Waals surface area contributed by atoms with E-state index < -0.39 is 6.10 Å². The van der Waals surface area contributed by atoms with E-state index in [1.54, 1.807) is 12.0 Å². The fourth-order valence-corrected chi connectivity index (χ4v) is 2.22. The zero-order chi connectivity index (χ0) is 14.0. The number of ether oxygens (including phenoxy) is 1. The van der Waals surface area contributed by atoms with Gasteiger partial charge in [0.2, 0.25) is 5.91 Å². The fraction of sp³-hybridized carbons (Fsp3) is 0.692. The van der Waals surface area contributed by atoms with Crippen LogP contribution in [0, 0.1) is 0 Å². The molecule has 1 aromatic heterocycles. The lowest BCUT2D eigenvalue weighted by molar-refractivity contribution is -0.130. The van der Waals surface area contributed by atoms with Crippen molar-refractivity contribution in [3.8, 4) is 0 Å². The molecular weight excluding hydrogens is 246 g/mol. The Bertz CT molecular complexity index is 444. The zero-order valence-electron chi connectivity index (χ0n) is 11.6. The van der Waals surface area contributed by atoms with Gasteiger partial charge in [-0.3, -0.25) is 9.48 Å². The number of rotatable bonds is 4. The number of methoxy groups -OCH3 is 1. The van der Waals surface area contributed by atoms with Crippen molar-refractivity contribution in [3.63, 3.8) is 0 Å². The van der Waals surface area contributed by atoms with Gasteiger partial charge < -0.3 is 14.7 Å². The van der Waals surface area contributed by atoms with Gasteiger partial charge in [-0.15, -0.1) is 0 Å². The molecule has 19 heavy (non-hydrogen) atoms. The predicted octanol–water partition coefficient (Wildman–Crippen LogP) is 0.225. The smallest absolute Gasteiger partial charge is 0.228 e. The molecule has 1 fully saturated rings. The maximum atomic E-state index is 12.1. The van der Waals surface area contributed by atoms with E-state index in [0.29, 0.717) is 13.1 Å². The molecule has 2 heterocycles. The SMILES string of the molecule is CO[C@@H]1CN(C(=O)Cc2ccn(C(C)C)n2)C[C@H]1O. The highest BCUT2D eigenvalue weighted by Gasteiger charge is 2.33. The number of aliphatic hydroxyl groups is 1. The average Bonchev–Trinajstić information content (AvgIpc) is 2.95. The Kier molecular flexibility index (Phi) is 4.21. The Labute approximate surface area is 113 Å². The fourth-order valence-electron chi connectivity index (χ4n) is 2.22. The molecule has 1 saturated heterocycles. The maximum Gasteiger partial charge on any atom is 0.228 e. The van der Waals surface area contributed by atoms with Crippen molar-refractivity contribution in [2.75, 3.05) is 20.2 Å². The molecule has 1 amide bonds. The van der Waals surface area contributed by atoms with Crippen molar-refractivity contribution >= 4 is 5.91 Å². The highest BCUT2D eigenvalue weighted by atomic mass is 16.5. The van der Waals surface area contributed by atoms with Crippen molar-refractivity contribution in [1.82, 2.24) is 14.7 Å². The molecule has 1 aliphatic rings. The molecule has 6 nitrogen and oxygen atoms in total. The summed E-state index contributed by atoms with van der Waals surface area (Å²) in [4.78, 5) is 13.7. The van der Waals surface area contributed by atoms with E-state index in [1.165, 1.54) is 0 Å². The number of aromatic nitrogens is 2. The summed E-state index contributed by atoms with van der Waals surface area (Å²) in [6, 6.07) is 2.15. The Hall–Kier alpha value is -1.40. The summed E-state index contributed by atoms with van der Waals surface area (Å²) in [5, 5.41) is 14.1. The molecule has 2 atom stereocenters. The van der Waals surface area contributed by atoms with Crippen LogP contribution in [0.25, 0.3) is 0 Å². The minimum atomic E-state index is -0.595. The Morgan fingerprint density at radius 1 is 1.58 bits per heavy atom. The van der Waals surface area contributed by atoms with E-state index in [-0.39, 0.29) is 24.5 Å². The zero-order valence-corrected chi connectivity index (χ0v) is 11.6. The molecule has 0 bridgehead atoms. The quantitative estimate of drug-likeness (QED) is 0.847. The van der Waals surface area contributed by atoms with Crippen LogP contribution in [0.5, 0.6) is 0 Å². The molecule has 0 radical (unpaired) electrons. The minimum Gasteiger partial charge on any atom is -0.388 e. The summed E-state index contributed by atoms with van der Waals surface area (Å²) in [7, 11) is 1.55. The van der Waals surface area contributed by atoms with E-state index in [1.807, 2.05) is 30.8 Å². The van der Waals surface area contributed by atoms with Crippen LogP contribution < -0.4 is 0 Å². The third kappa shape index (κ3) is 3.13. The van der Waals surface area contributed by atoms with Crippen LogP contribution in [0.15, 0.2) is 12.3 Å². The van der Waals surface area contributed by atoms with Gasteiger partial charge in [-0.1, -0.05) is 0 Å². The van der Waals surface area contributed by atoms with Crippen LogP contribution in [-0.2, 0) is 16.0 Å². The van der Waals surface area contributed by atoms with Gasteiger partial charge in [0.05, 0.1) is 18.2 Å². The molecule has 0 spiro atoms. The number of hydrogen-bond acceptors (Lipinski definition) is 4. The highest BCUT2D eigenvalue weighted by Crippen LogP contribution is 2.14. The van der Waals surface area contributed by atoms with E-state index in [9.17, 15) is 9.90 Å². The molecule has 6 heteroatoms. The van der Waals surface area contributed by atoms with Crippen molar-refractivity contribution in [3.05, 3.63) is 18.0 Å². The lowest BCUT2D eigenvalue weighted by Crippen LogP contribution is -2.31. The van der Waals surface area contributed by atoms with Gasteiger partial charge in [0.15, 0.2) is 0 Å². The predicted molar refractivity (Wildman–Crippen MR) is 69.7 cm³/mol. The molecule has 2 rings (SSSR count). The third-order valence-electron chi connectivity index (χ3n) is 3.42. The monoisotopic (exact) mass is 267 g/mol. The van der Waals surface area contributed by atoms with E-state index in [4.69, 9.17) is 4.74 Å². The van der Waals surface area contributed by atoms with Crippen molar-refractivity contribution in [2.24, 2.45) is 0 Å². The van der Waals surface area contributed by atoms with E-state index in [0.717, 1.165) is 5.69 Å². The molecule has 1 aliphatic heterocycles. The summed E-state index contributed by atoms with van der Waals surface area (Å²) in [5.74, 6) is -0.0207. The van der Waals surface area contributed by atoms with Crippen LogP contribution in [0.4, 0.5) is 0 Å². The first-order chi connectivity index (χ1) is 9.01. The summed E-state index contributed by atoms with van der Waals surface area (Å²) >= 11 is 0. The van der Waals surface area contributed by atoms with E-state index >= 15 is 0 Å². The Morgan fingerprint density at radius 3 is 2.84 bits per heavy atom. The minimum absolute atomic E-state index is 0.0207. The number of carbonyl (C=O) groups is 1. The second-order valence-electron chi connectivity index (χ2n) is 5.20. The van der Waals surface area contributed by atoms with Gasteiger partial charge in [-0.05, 0) is 19.9 Å². The maximum absolute atomic E-state index is 12.1. The number of carbonyl (C=O) groups excluding carboxylic acids is 1. The van der Waals surface area contributed by atoms with Crippen LogP contribution in [-0.4, -0.2) is 58.1 Å². The van der Waals surface area contributed by atoms with Crippen molar-refractivity contribution in [1.29, 1.82) is 0 Å². The number of nitrogens with zero attached hydrogens (tertiary/aromatic N) is 3. The van der Waals surface area contributed by atoms with Gasteiger partial charge in [-0.2, -0.15) is 5.10 Å². The first kappa shape index (κ1) is 14.0. The second-order valence-corrected chi connectivity index (χ2v) is 5.20. The van der Waals surface area contributed by atoms with Gasteiger partial charge in [0.25, 0.3) is 0 Å². The van der Waals surface area contributed by atoms with Gasteiger partial charge in [-0.25, -0.2) is 0 Å². The number of β-amino-alcohol motifs (C(OH)–C–C–N with tert-alkyl or cyclic N) is 1. The lowest BCUT2D eigenvalue weighted by Gasteiger charge is -2.14. The highest BCUT2D eigenvalue weighted by molar-refractivity contribution is 5.78. The number of aliphatic hydroxyl groups excluding tert-OH is 1. The first-order valence-corrected chi connectivity index (χ1v) is 6.54. The third-order valence-corrected chi connectivity index (χ3v) is 3.42. The summed E-state index contributed by atoms with van der Waals surface area (Å²) in [5.41, 5.74) is 0.758. The van der Waals surface area contributed by atoms with Crippen LogP contribution >= 0.6 is 0 Å². The number of hydrogen-bond donors (Lipinski definition) is 1. The molecular formula is C13H21N3O3. The van der Waals surface area contributed by atoms with Crippen molar-refractivity contribution in [2.45, 2.75) is 38.5 Å². The molecule has 0 saturated carbocycles. The largest absolute Gasteiger partial charge is 0.388 e. The topological polar surface area (TPSA) is 67.6 Å². The van der Waals surface area contributed by atoms with Gasteiger partial charge in [0.1, 0.15) is 6.10 Å². The summed E-state index contributed by atoms with van der Waals surface area (Å²) in [6.07, 6.45) is 1.27. The summed E-state index contributed by atoms with van der Waals surface area (Å²) in [6.45, 7) is 4.86. The molecule has 0 aliphatic carbocycles. The van der Waals surface area contributed by atoms with Crippen LogP contribution in [0.3, 0.4) is 0 Å². The van der Waals surface area contributed by atoms with Gasteiger partial charge in [0, 0.05) is 32.4 Å². The molecule has 1 aromatic rings. The standard InChI is InChI=1S/C13H21N3O3/c1-9(2)16-5-4-10(14-16)6-13(18)15-7-11(17)12(8-15)19-3/h4-5,9,11-12,17H,6-8H2,1-3H3/t11-,12-/m1/s1. The van der Waals surface area contributed by atoms with Gasteiger partial charge >= 0.3 is 0 Å². The summed E-state index contributed by atoms with van der Waals surface area (Å²) < 4.78 is 6.96. The second kappa shape index (κ2) is 5.71. The molecule has 0 aromatic carbocycles. The number of likely N-dealkylation sites (tertiary alicyclic amines) is 1. The molecule has 106 valence electrons. The normalized spacial score (nSPS) is 23.3.